The number of carbonyl (C=O) groups excluding carboxylic acids is 4. The third-order valence-electron chi connectivity index (χ3n) is 16.6. The summed E-state index contributed by atoms with van der Waals surface area (Å²) in [4.78, 5) is 95.5. The molecule has 3 unspecified atom stereocenters. The van der Waals surface area contributed by atoms with Crippen LogP contribution >= 0.6 is 11.3 Å². The minimum atomic E-state index is -0.881. The standard InChI is InChI=1S/C61H75N11O7S/c1-38(2)54(71-35-44-16-10-13-19-48(44)58(71)76)60(78)70-36-47(74)31-50(70)57(75)63-32-43-21-20-42(55-40(4)65-37-80-55)30-51(43)79-29-15-9-7-6-8-14-24-68-25-27-69(28-26-68)46-22-23-52(62-33-46)66-61-64-34-49-39(3)53(41(5)73)59(77)72(56(49)67-61)45-17-11-12-18-45/h10,13,16,19-23,30,33-34,37-38,45,47,50,54,74H,6-9,11-12,14-15,17-18,24-29,31-32,35-36H2,1-5H3,(H,63,75)(H,62,64,66,67). The van der Waals surface area contributed by atoms with E-state index >= 15 is 0 Å². The van der Waals surface area contributed by atoms with E-state index in [0.717, 1.165) is 123 Å². The van der Waals surface area contributed by atoms with Crippen molar-refractivity contribution in [1.82, 2.24) is 44.5 Å². The van der Waals surface area contributed by atoms with Gasteiger partial charge in [-0.3, -0.25) is 33.4 Å². The Morgan fingerprint density at radius 3 is 2.36 bits per heavy atom. The molecule has 7 heterocycles. The van der Waals surface area contributed by atoms with Crippen molar-refractivity contribution in [2.75, 3.05) is 56.1 Å². The number of amides is 3. The number of nitrogens with one attached hydrogen (secondary N) is 2. The molecule has 3 fully saturated rings. The molecule has 3 atom stereocenters. The van der Waals surface area contributed by atoms with Crippen molar-refractivity contribution in [2.45, 2.75) is 143 Å². The van der Waals surface area contributed by atoms with Crippen LogP contribution in [-0.2, 0) is 22.7 Å². The first-order chi connectivity index (χ1) is 38.7. The van der Waals surface area contributed by atoms with Gasteiger partial charge in [0, 0.05) is 81.0 Å². The van der Waals surface area contributed by atoms with Crippen molar-refractivity contribution in [3.8, 4) is 16.2 Å². The Morgan fingerprint density at radius 2 is 1.65 bits per heavy atom. The van der Waals surface area contributed by atoms with E-state index in [1.165, 1.54) is 18.2 Å². The number of unbranched alkanes of at least 4 members (excludes halogenated alkanes) is 5. The predicted molar refractivity (Wildman–Crippen MR) is 311 cm³/mol. The zero-order chi connectivity index (χ0) is 56.0. The molecule has 19 heteroatoms. The zero-order valence-electron chi connectivity index (χ0n) is 46.8. The summed E-state index contributed by atoms with van der Waals surface area (Å²) in [5.41, 5.74) is 8.23. The Morgan fingerprint density at radius 1 is 0.887 bits per heavy atom. The lowest BCUT2D eigenvalue weighted by molar-refractivity contribution is -0.143. The number of carbonyl (C=O) groups is 4. The number of thiazole rings is 1. The van der Waals surface area contributed by atoms with Crippen molar-refractivity contribution in [3.63, 3.8) is 0 Å². The van der Waals surface area contributed by atoms with Crippen molar-refractivity contribution >= 4 is 63.3 Å². The first kappa shape index (κ1) is 56.2. The molecule has 3 amide bonds. The highest BCUT2D eigenvalue weighted by atomic mass is 32.1. The molecule has 3 aliphatic heterocycles. The number of ether oxygens (including phenoxy) is 1. The van der Waals surface area contributed by atoms with E-state index in [1.54, 1.807) is 40.0 Å². The molecule has 1 aliphatic carbocycles. The second-order valence-corrected chi connectivity index (χ2v) is 23.3. The van der Waals surface area contributed by atoms with E-state index in [9.17, 15) is 29.1 Å². The molecule has 0 bridgehead atoms. The summed E-state index contributed by atoms with van der Waals surface area (Å²) in [5, 5.41) is 17.8. The molecule has 10 rings (SSSR count). The summed E-state index contributed by atoms with van der Waals surface area (Å²) in [6.07, 6.45) is 13.2. The number of aryl methyl sites for hydroxylation is 2. The molecular weight excluding hydrogens is 1030 g/mol. The van der Waals surface area contributed by atoms with Crippen LogP contribution in [0.15, 0.2) is 77.3 Å². The average Bonchev–Trinajstić information content (AvgIpc) is 4.41. The number of aromatic nitrogens is 5. The first-order valence-electron chi connectivity index (χ1n) is 28.7. The summed E-state index contributed by atoms with van der Waals surface area (Å²) in [5.74, 6) is 0.314. The minimum absolute atomic E-state index is 0.00840. The third-order valence-corrected chi connectivity index (χ3v) is 17.5. The number of piperazine rings is 1. The lowest BCUT2D eigenvalue weighted by Crippen LogP contribution is -2.55. The number of hydrogen-bond acceptors (Lipinski definition) is 15. The van der Waals surface area contributed by atoms with Gasteiger partial charge in [-0.1, -0.05) is 82.7 Å². The van der Waals surface area contributed by atoms with Crippen LogP contribution in [0, 0.1) is 19.8 Å². The van der Waals surface area contributed by atoms with E-state index in [-0.39, 0.29) is 66.1 Å². The summed E-state index contributed by atoms with van der Waals surface area (Å²) < 4.78 is 8.20. The van der Waals surface area contributed by atoms with E-state index in [0.29, 0.717) is 52.8 Å². The number of aliphatic hydroxyl groups is 1. The lowest BCUT2D eigenvalue weighted by atomic mass is 10.0. The van der Waals surface area contributed by atoms with Gasteiger partial charge in [0.2, 0.25) is 17.8 Å². The van der Waals surface area contributed by atoms with E-state index in [2.05, 4.69) is 36.5 Å². The number of anilines is 3. The Balaban J connectivity index is 0.657. The van der Waals surface area contributed by atoms with Gasteiger partial charge >= 0.3 is 0 Å². The molecule has 1 saturated carbocycles. The van der Waals surface area contributed by atoms with Crippen LogP contribution in [0.1, 0.15) is 141 Å². The molecule has 2 saturated heterocycles. The van der Waals surface area contributed by atoms with Crippen LogP contribution in [0.5, 0.6) is 5.75 Å². The second-order valence-electron chi connectivity index (χ2n) is 22.4. The summed E-state index contributed by atoms with van der Waals surface area (Å²) >= 11 is 1.57. The summed E-state index contributed by atoms with van der Waals surface area (Å²) in [6, 6.07) is 15.8. The number of hydrogen-bond donors (Lipinski definition) is 3. The third kappa shape index (κ3) is 12.3. The molecule has 3 N–H and O–H groups in total. The van der Waals surface area contributed by atoms with E-state index < -0.39 is 18.2 Å². The summed E-state index contributed by atoms with van der Waals surface area (Å²) in [6.45, 7) is 15.0. The minimum Gasteiger partial charge on any atom is -0.493 e. The fourth-order valence-electron chi connectivity index (χ4n) is 12.2. The smallest absolute Gasteiger partial charge is 0.263 e. The Hall–Kier alpha value is -7.09. The number of benzene rings is 2. The molecule has 4 aromatic heterocycles. The fourth-order valence-corrected chi connectivity index (χ4v) is 13.0. The molecule has 0 radical (unpaired) electrons. The monoisotopic (exact) mass is 1110 g/mol. The van der Waals surface area contributed by atoms with Gasteiger partial charge in [0.25, 0.3) is 11.5 Å². The van der Waals surface area contributed by atoms with Crippen LogP contribution in [0.3, 0.4) is 0 Å². The van der Waals surface area contributed by atoms with Crippen LogP contribution in [0.25, 0.3) is 21.5 Å². The molecule has 80 heavy (non-hydrogen) atoms. The second kappa shape index (κ2) is 25.1. The predicted octanol–water partition coefficient (Wildman–Crippen LogP) is 8.79. The highest BCUT2D eigenvalue weighted by Crippen LogP contribution is 2.35. The molecule has 18 nitrogen and oxygen atoms in total. The van der Waals surface area contributed by atoms with Crippen molar-refractivity contribution < 1.29 is 29.0 Å². The zero-order valence-corrected chi connectivity index (χ0v) is 47.6. The summed E-state index contributed by atoms with van der Waals surface area (Å²) in [7, 11) is 0. The highest BCUT2D eigenvalue weighted by Gasteiger charge is 2.46. The SMILES string of the molecule is CC(=O)c1c(C)c2cnc(Nc3ccc(N4CCN(CCCCCCCCOc5cc(-c6scnc6C)ccc5CNC(=O)C5CC(O)CN5C(=O)C(C(C)C)N5Cc6ccccc6C5=O)CC4)cn3)nc2n(C2CCCC2)c1=O. The molecule has 6 aromatic rings. The number of likely N-dealkylation sites (tertiary alicyclic amines) is 1. The number of fused-ring (bicyclic) bond motifs is 2. The van der Waals surface area contributed by atoms with Gasteiger partial charge in [0.15, 0.2) is 5.78 Å². The van der Waals surface area contributed by atoms with Gasteiger partial charge in [0.05, 0.1) is 46.2 Å². The van der Waals surface area contributed by atoms with E-state index in [1.807, 2.05) is 74.9 Å². The van der Waals surface area contributed by atoms with Crippen molar-refractivity contribution in [1.29, 1.82) is 0 Å². The maximum atomic E-state index is 14.3. The van der Waals surface area contributed by atoms with Crippen LogP contribution in [0.2, 0.25) is 0 Å². The quantitative estimate of drug-likeness (QED) is 0.0429. The number of pyridine rings is 2. The van der Waals surface area contributed by atoms with Crippen LogP contribution in [-0.4, -0.2) is 132 Å². The van der Waals surface area contributed by atoms with Gasteiger partial charge in [-0.25, -0.2) is 15.0 Å². The van der Waals surface area contributed by atoms with Gasteiger partial charge < -0.3 is 35.2 Å². The molecular formula is C61H75N11O7S. The molecule has 422 valence electrons. The first-order valence-corrected chi connectivity index (χ1v) is 29.6. The van der Waals surface area contributed by atoms with Crippen LogP contribution in [0.4, 0.5) is 17.5 Å². The highest BCUT2D eigenvalue weighted by molar-refractivity contribution is 7.13. The topological polar surface area (TPSA) is 208 Å². The molecule has 0 spiro atoms. The largest absolute Gasteiger partial charge is 0.493 e. The Kier molecular flexibility index (Phi) is 17.7. The van der Waals surface area contributed by atoms with Gasteiger partial charge in [-0.15, -0.1) is 11.3 Å². The number of aliphatic hydroxyl groups excluding tert-OH is 1. The fraction of sp³-hybridized carbons (Fsp3) is 0.492. The normalized spacial score (nSPS) is 18.1. The van der Waals surface area contributed by atoms with Gasteiger partial charge in [-0.05, 0) is 99.9 Å². The number of ketones is 1. The number of rotatable bonds is 22. The maximum absolute atomic E-state index is 14.3. The number of Topliss-reactive ketones (excluding diaryl/α,β-unsaturated/α-hetero) is 1. The number of nitrogens with zero attached hydrogens (tertiary/aromatic N) is 9. The maximum Gasteiger partial charge on any atom is 0.263 e. The van der Waals surface area contributed by atoms with Crippen molar-refractivity contribution in [2.24, 2.45) is 5.92 Å². The van der Waals surface area contributed by atoms with Gasteiger partial charge in [0.1, 0.15) is 29.3 Å². The van der Waals surface area contributed by atoms with Crippen molar-refractivity contribution in [3.05, 3.63) is 116 Å². The Bertz CT molecular complexity index is 3280. The van der Waals surface area contributed by atoms with Gasteiger partial charge in [-0.2, -0.15) is 4.98 Å². The molecule has 2 aromatic carbocycles. The Labute approximate surface area is 472 Å². The number of β-amino-alcohol motifs (C(OH)–C–C–N with tert-alkyl or cyclic N) is 1. The van der Waals surface area contributed by atoms with E-state index in [4.69, 9.17) is 14.7 Å². The van der Waals surface area contributed by atoms with Crippen LogP contribution < -0.4 is 25.8 Å². The average molecular weight is 1110 g/mol. The molecule has 4 aliphatic rings. The lowest BCUT2D eigenvalue weighted by Gasteiger charge is -2.36.